The van der Waals surface area contributed by atoms with Crippen LogP contribution in [0.2, 0.25) is 0 Å². The largest absolute Gasteiger partial charge is 0.456 e. The number of amides is 1. The molecule has 68 heavy (non-hydrogen) atoms. The van der Waals surface area contributed by atoms with Crippen molar-refractivity contribution in [1.29, 1.82) is 0 Å². The number of aliphatic hydroxyl groups is 3. The van der Waals surface area contributed by atoms with Crippen molar-refractivity contribution in [2.75, 3.05) is 6.61 Å². The lowest BCUT2D eigenvalue weighted by Gasteiger charge is -2.67. The van der Waals surface area contributed by atoms with Crippen molar-refractivity contribution in [3.8, 4) is 0 Å². The molecule has 1 heterocycles. The number of carbonyl (C=O) groups is 6. The minimum absolute atomic E-state index is 0.0167. The molecule has 0 aromatic heterocycles. The van der Waals surface area contributed by atoms with Gasteiger partial charge in [-0.25, -0.2) is 9.59 Å². The zero-order valence-corrected chi connectivity index (χ0v) is 37.7. The highest BCUT2D eigenvalue weighted by atomic mass is 16.6. The van der Waals surface area contributed by atoms with Gasteiger partial charge in [0.05, 0.1) is 40.6 Å². The standard InChI is InChI=1S/C47H49N5O16/c1-23-31(66-43(60)36(56)35(26-13-9-7-10-14-26)49-41(58)28-17-29(50-51-48)19-30(18-28)52(62)63)21-47(61)40(67-42(59)27-15-11-8-12-16-27)38-45(6,32(55)20-33-46(38,22-64-33)68-25(3)54)39(57)37(65-24(2)53)34(23)44(47,4)5/h7-19,31-33,35-38,40,55-56,61H,20-22H2,1-6H3,(H,49,58)/t31-,32-,33+,35-,36+,37+,38-,40-,45+,46-,47+/m0/s1. The summed E-state index contributed by atoms with van der Waals surface area (Å²) in [7, 11) is 0. The number of Topliss-reactive ketones (excluding diaryl/α,β-unsaturated/α-hetero) is 1. The minimum atomic E-state index is -2.49. The fourth-order valence-corrected chi connectivity index (χ4v) is 10.5. The number of nitrogens with zero attached hydrogens (tertiary/aromatic N) is 4. The van der Waals surface area contributed by atoms with Crippen LogP contribution in [0.25, 0.3) is 10.4 Å². The van der Waals surface area contributed by atoms with Crippen molar-refractivity contribution in [2.24, 2.45) is 21.9 Å². The third-order valence-corrected chi connectivity index (χ3v) is 14.0. The predicted octanol–water partition coefficient (Wildman–Crippen LogP) is 4.59. The number of non-ortho nitro benzene ring substituents is 1. The molecule has 3 fully saturated rings. The van der Waals surface area contributed by atoms with E-state index in [2.05, 4.69) is 15.3 Å². The molecule has 7 rings (SSSR count). The number of fused-ring (bicyclic) bond motifs is 5. The zero-order chi connectivity index (χ0) is 49.7. The number of hydrogen-bond acceptors (Lipinski definition) is 17. The molecule has 0 radical (unpaired) electrons. The average Bonchev–Trinajstić information content (AvgIpc) is 3.29. The van der Waals surface area contributed by atoms with Crippen LogP contribution >= 0.6 is 0 Å². The number of nitro groups is 1. The number of carbonyl (C=O) groups excluding carboxylic acids is 6. The van der Waals surface area contributed by atoms with Crippen molar-refractivity contribution in [1.82, 2.24) is 5.32 Å². The Kier molecular flexibility index (Phi) is 13.1. The van der Waals surface area contributed by atoms with Crippen LogP contribution < -0.4 is 5.32 Å². The van der Waals surface area contributed by atoms with Crippen molar-refractivity contribution in [3.05, 3.63) is 127 Å². The van der Waals surface area contributed by atoms with Gasteiger partial charge in [0.25, 0.3) is 11.6 Å². The number of azide groups is 1. The number of nitro benzene ring substituents is 1. The molecular formula is C47H49N5O16. The van der Waals surface area contributed by atoms with Crippen LogP contribution in [-0.2, 0) is 42.9 Å². The van der Waals surface area contributed by atoms with Gasteiger partial charge in [0.15, 0.2) is 23.6 Å². The van der Waals surface area contributed by atoms with E-state index in [1.165, 1.54) is 52.0 Å². The Morgan fingerprint density at radius 3 is 2.18 bits per heavy atom. The van der Waals surface area contributed by atoms with Gasteiger partial charge in [-0.2, -0.15) is 0 Å². The normalized spacial score (nSPS) is 29.9. The molecule has 3 aromatic rings. The topological polar surface area (TPSA) is 313 Å². The first kappa shape index (κ1) is 48.9. The minimum Gasteiger partial charge on any atom is -0.456 e. The van der Waals surface area contributed by atoms with Crippen LogP contribution in [-0.4, -0.2) is 110 Å². The van der Waals surface area contributed by atoms with Gasteiger partial charge in [-0.15, -0.1) is 0 Å². The summed E-state index contributed by atoms with van der Waals surface area (Å²) in [5.41, 5.74) is -0.303. The molecule has 2 bridgehead atoms. The summed E-state index contributed by atoms with van der Waals surface area (Å²) < 4.78 is 30.2. The number of rotatable bonds is 12. The first-order valence-corrected chi connectivity index (χ1v) is 21.5. The molecule has 21 nitrogen and oxygen atoms in total. The van der Waals surface area contributed by atoms with Crippen molar-refractivity contribution in [2.45, 2.75) is 108 Å². The summed E-state index contributed by atoms with van der Waals surface area (Å²) in [6.07, 6.45) is -11.3. The quantitative estimate of drug-likeness (QED) is 0.0282. The fraction of sp³-hybridized carbons (Fsp3) is 0.447. The van der Waals surface area contributed by atoms with Gasteiger partial charge in [-0.1, -0.05) is 67.5 Å². The molecule has 21 heteroatoms. The zero-order valence-electron chi connectivity index (χ0n) is 37.7. The summed E-state index contributed by atoms with van der Waals surface area (Å²) in [4.78, 5) is 97.7. The fourth-order valence-electron chi connectivity index (χ4n) is 10.5. The maximum Gasteiger partial charge on any atom is 0.338 e. The molecular weight excluding hydrogens is 891 g/mol. The van der Waals surface area contributed by atoms with Gasteiger partial charge >= 0.3 is 23.9 Å². The molecule has 0 unspecified atom stereocenters. The second-order valence-electron chi connectivity index (χ2n) is 18.2. The Labute approximate surface area is 388 Å². The molecule has 4 aliphatic rings. The Bertz CT molecular complexity index is 2630. The van der Waals surface area contributed by atoms with Crippen molar-refractivity contribution in [3.63, 3.8) is 0 Å². The van der Waals surface area contributed by atoms with E-state index < -0.39 is 123 Å². The number of ether oxygens (including phenoxy) is 5. The Morgan fingerprint density at radius 1 is 0.956 bits per heavy atom. The van der Waals surface area contributed by atoms with E-state index in [-0.39, 0.29) is 46.6 Å². The molecule has 3 aromatic carbocycles. The van der Waals surface area contributed by atoms with Gasteiger partial charge in [0, 0.05) is 60.4 Å². The number of esters is 4. The van der Waals surface area contributed by atoms with E-state index in [9.17, 15) is 49.4 Å². The molecule has 0 spiro atoms. The second kappa shape index (κ2) is 18.2. The van der Waals surface area contributed by atoms with E-state index in [4.69, 9.17) is 29.2 Å². The van der Waals surface area contributed by atoms with Crippen LogP contribution in [0.4, 0.5) is 11.4 Å². The van der Waals surface area contributed by atoms with Crippen LogP contribution in [0, 0.1) is 26.9 Å². The van der Waals surface area contributed by atoms with E-state index in [1.807, 2.05) is 0 Å². The maximum absolute atomic E-state index is 15.5. The molecule has 2 saturated carbocycles. The molecule has 3 aliphatic carbocycles. The highest BCUT2D eigenvalue weighted by Gasteiger charge is 2.78. The van der Waals surface area contributed by atoms with Crippen LogP contribution in [0.5, 0.6) is 0 Å². The lowest BCUT2D eigenvalue weighted by Crippen LogP contribution is -2.82. The smallest absolute Gasteiger partial charge is 0.338 e. The van der Waals surface area contributed by atoms with E-state index in [0.717, 1.165) is 32.0 Å². The Morgan fingerprint density at radius 2 is 1.60 bits per heavy atom. The SMILES string of the molecule is CC(=O)O[C@H]1C(=O)[C@@]2(C)[C@H]([C@H](OC(=O)c3ccccc3)[C@]3(O)C[C@H](OC(=O)[C@H](O)[C@@H](NC(=O)c4cc(N=[N+]=[N-])cc([N+](=O)[O-])c4)c4ccccc4)C(C)=C1C3(C)C)[C@]1(OC(C)=O)CO[C@@H]1C[C@@H]2O. The summed E-state index contributed by atoms with van der Waals surface area (Å²) in [6.45, 7) is 7.60. The summed E-state index contributed by atoms with van der Waals surface area (Å²) in [5.74, 6) is -7.76. The molecule has 1 aliphatic heterocycles. The highest BCUT2D eigenvalue weighted by molar-refractivity contribution is 5.97. The van der Waals surface area contributed by atoms with Crippen molar-refractivity contribution < 1.29 is 72.7 Å². The molecule has 11 atom stereocenters. The second-order valence-corrected chi connectivity index (χ2v) is 18.2. The van der Waals surface area contributed by atoms with Crippen LogP contribution in [0.1, 0.15) is 86.7 Å². The van der Waals surface area contributed by atoms with E-state index >= 15 is 4.79 Å². The van der Waals surface area contributed by atoms with Gasteiger partial charge < -0.3 is 44.3 Å². The number of benzene rings is 3. The van der Waals surface area contributed by atoms with Gasteiger partial charge in [-0.05, 0) is 54.3 Å². The lowest BCUT2D eigenvalue weighted by molar-refractivity contribution is -0.384. The number of hydrogen-bond donors (Lipinski definition) is 4. The average molecular weight is 940 g/mol. The number of nitrogens with one attached hydrogen (secondary N) is 1. The van der Waals surface area contributed by atoms with E-state index in [1.54, 1.807) is 36.4 Å². The Balaban J connectivity index is 1.37. The maximum atomic E-state index is 15.5. The number of aliphatic hydroxyl groups excluding tert-OH is 2. The van der Waals surface area contributed by atoms with Crippen molar-refractivity contribution >= 4 is 46.9 Å². The van der Waals surface area contributed by atoms with Gasteiger partial charge in [0.1, 0.15) is 23.9 Å². The summed E-state index contributed by atoms with van der Waals surface area (Å²) in [5, 5.41) is 55.3. The monoisotopic (exact) mass is 939 g/mol. The third kappa shape index (κ3) is 8.25. The molecule has 1 saturated heterocycles. The molecule has 4 N–H and O–H groups in total. The molecule has 1 amide bonds. The van der Waals surface area contributed by atoms with E-state index in [0.29, 0.717) is 0 Å². The van der Waals surface area contributed by atoms with Gasteiger partial charge in [0.2, 0.25) is 0 Å². The van der Waals surface area contributed by atoms with Crippen LogP contribution in [0.3, 0.4) is 0 Å². The lowest BCUT2D eigenvalue weighted by atomic mass is 9.44. The molecule has 358 valence electrons. The summed E-state index contributed by atoms with van der Waals surface area (Å²) in [6, 6.07) is 16.5. The third-order valence-electron chi connectivity index (χ3n) is 14.0. The highest BCUT2D eigenvalue weighted by Crippen LogP contribution is 2.64. The van der Waals surface area contributed by atoms with Crippen LogP contribution in [0.15, 0.2) is 95.1 Å². The summed E-state index contributed by atoms with van der Waals surface area (Å²) >= 11 is 0. The first-order chi connectivity index (χ1) is 32.0. The predicted molar refractivity (Wildman–Crippen MR) is 233 cm³/mol. The Hall–Kier alpha value is -7.03. The van der Waals surface area contributed by atoms with Gasteiger partial charge in [-0.3, -0.25) is 29.3 Å². The first-order valence-electron chi connectivity index (χ1n) is 21.5. The number of ketones is 1.